The molecule has 0 radical (unpaired) electrons. The van der Waals surface area contributed by atoms with Crippen molar-refractivity contribution in [3.05, 3.63) is 78.2 Å². The molecule has 4 nitrogen and oxygen atoms in total. The lowest BCUT2D eigenvalue weighted by Crippen LogP contribution is -1.99. The molecule has 0 saturated heterocycles. The summed E-state index contributed by atoms with van der Waals surface area (Å²) < 4.78 is 5.62. The van der Waals surface area contributed by atoms with E-state index >= 15 is 0 Å². The molecule has 3 aromatic rings. The fraction of sp³-hybridized carbons (Fsp3) is 0.105. The molecular weight excluding hydrogens is 288 g/mol. The SMILES string of the molecule is CC(=O)c1cccc(-c2ccc(OCc3ccccn3)nc2)c1. The molecule has 1 aromatic carbocycles. The Morgan fingerprint density at radius 3 is 2.61 bits per heavy atom. The first-order chi connectivity index (χ1) is 11.2. The standard InChI is InChI=1S/C19H16N2O2/c1-14(22)15-5-4-6-16(11-15)17-8-9-19(21-12-17)23-13-18-7-2-3-10-20-18/h2-12H,13H2,1H3. The number of pyridine rings is 2. The molecule has 2 aromatic heterocycles. The van der Waals surface area contributed by atoms with E-state index in [9.17, 15) is 4.79 Å². The first-order valence-corrected chi connectivity index (χ1v) is 7.32. The van der Waals surface area contributed by atoms with Crippen LogP contribution < -0.4 is 4.74 Å². The summed E-state index contributed by atoms with van der Waals surface area (Å²) in [5.41, 5.74) is 3.45. The van der Waals surface area contributed by atoms with Gasteiger partial charge in [0.1, 0.15) is 6.61 Å². The van der Waals surface area contributed by atoms with Gasteiger partial charge in [0.25, 0.3) is 0 Å². The van der Waals surface area contributed by atoms with Crippen LogP contribution in [0.5, 0.6) is 5.88 Å². The normalized spacial score (nSPS) is 10.3. The second-order valence-electron chi connectivity index (χ2n) is 5.13. The monoisotopic (exact) mass is 304 g/mol. The largest absolute Gasteiger partial charge is 0.471 e. The summed E-state index contributed by atoms with van der Waals surface area (Å²) in [5.74, 6) is 0.595. The summed E-state index contributed by atoms with van der Waals surface area (Å²) in [6, 6.07) is 16.9. The molecule has 0 saturated carbocycles. The topological polar surface area (TPSA) is 52.1 Å². The van der Waals surface area contributed by atoms with Crippen LogP contribution in [0.1, 0.15) is 23.0 Å². The maximum absolute atomic E-state index is 11.5. The lowest BCUT2D eigenvalue weighted by molar-refractivity contribution is 0.101. The smallest absolute Gasteiger partial charge is 0.213 e. The summed E-state index contributed by atoms with van der Waals surface area (Å²) in [6.45, 7) is 1.94. The van der Waals surface area contributed by atoms with Gasteiger partial charge in [-0.2, -0.15) is 0 Å². The zero-order chi connectivity index (χ0) is 16.1. The third-order valence-electron chi connectivity index (χ3n) is 3.43. The summed E-state index contributed by atoms with van der Waals surface area (Å²) in [7, 11) is 0. The van der Waals surface area contributed by atoms with Gasteiger partial charge in [-0.15, -0.1) is 0 Å². The summed E-state index contributed by atoms with van der Waals surface area (Å²) in [6.07, 6.45) is 3.48. The summed E-state index contributed by atoms with van der Waals surface area (Å²) >= 11 is 0. The third kappa shape index (κ3) is 3.80. The molecule has 0 fully saturated rings. The molecule has 0 aliphatic rings. The Morgan fingerprint density at radius 1 is 1.00 bits per heavy atom. The molecule has 0 bridgehead atoms. The molecule has 3 rings (SSSR count). The van der Waals surface area contributed by atoms with E-state index in [2.05, 4.69) is 9.97 Å². The van der Waals surface area contributed by atoms with E-state index in [1.165, 1.54) is 0 Å². The Labute approximate surface area is 134 Å². The molecule has 0 aliphatic heterocycles. The van der Waals surface area contributed by atoms with Gasteiger partial charge in [0, 0.05) is 29.6 Å². The second-order valence-corrected chi connectivity index (χ2v) is 5.13. The van der Waals surface area contributed by atoms with Crippen molar-refractivity contribution >= 4 is 5.78 Å². The number of hydrogen-bond donors (Lipinski definition) is 0. The maximum atomic E-state index is 11.5. The van der Waals surface area contributed by atoms with Crippen molar-refractivity contribution in [2.75, 3.05) is 0 Å². The van der Waals surface area contributed by atoms with Crippen molar-refractivity contribution in [3.63, 3.8) is 0 Å². The van der Waals surface area contributed by atoms with Gasteiger partial charge in [-0.3, -0.25) is 9.78 Å². The highest BCUT2D eigenvalue weighted by Crippen LogP contribution is 2.22. The molecule has 4 heteroatoms. The minimum absolute atomic E-state index is 0.0510. The fourth-order valence-corrected chi connectivity index (χ4v) is 2.19. The molecule has 0 aliphatic carbocycles. The number of hydrogen-bond acceptors (Lipinski definition) is 4. The Morgan fingerprint density at radius 2 is 1.91 bits per heavy atom. The summed E-state index contributed by atoms with van der Waals surface area (Å²) in [4.78, 5) is 20.0. The van der Waals surface area contributed by atoms with E-state index < -0.39 is 0 Å². The van der Waals surface area contributed by atoms with E-state index in [0.29, 0.717) is 18.1 Å². The Bertz CT molecular complexity index is 799. The minimum Gasteiger partial charge on any atom is -0.471 e. The summed E-state index contributed by atoms with van der Waals surface area (Å²) in [5, 5.41) is 0. The molecular formula is C19H16N2O2. The second kappa shape index (κ2) is 6.83. The number of ketones is 1. The third-order valence-corrected chi connectivity index (χ3v) is 3.43. The van der Waals surface area contributed by atoms with E-state index in [-0.39, 0.29) is 5.78 Å². The highest BCUT2D eigenvalue weighted by molar-refractivity contribution is 5.95. The molecule has 0 N–H and O–H groups in total. The van der Waals surface area contributed by atoms with Gasteiger partial charge in [-0.25, -0.2) is 4.98 Å². The number of ether oxygens (including phenoxy) is 1. The van der Waals surface area contributed by atoms with Gasteiger partial charge in [-0.1, -0.05) is 24.3 Å². The van der Waals surface area contributed by atoms with Crippen LogP contribution in [0.4, 0.5) is 0 Å². The molecule has 114 valence electrons. The molecule has 23 heavy (non-hydrogen) atoms. The Balaban J connectivity index is 1.72. The van der Waals surface area contributed by atoms with Gasteiger partial charge in [-0.05, 0) is 36.8 Å². The average Bonchev–Trinajstić information content (AvgIpc) is 2.61. The molecule has 0 unspecified atom stereocenters. The van der Waals surface area contributed by atoms with Crippen LogP contribution >= 0.6 is 0 Å². The van der Waals surface area contributed by atoms with Crippen molar-refractivity contribution in [2.24, 2.45) is 0 Å². The molecule has 2 heterocycles. The highest BCUT2D eigenvalue weighted by atomic mass is 16.5. The van der Waals surface area contributed by atoms with Crippen LogP contribution in [0.15, 0.2) is 67.0 Å². The van der Waals surface area contributed by atoms with Gasteiger partial charge in [0.05, 0.1) is 5.69 Å². The van der Waals surface area contributed by atoms with E-state index in [0.717, 1.165) is 16.8 Å². The lowest BCUT2D eigenvalue weighted by Gasteiger charge is -2.07. The van der Waals surface area contributed by atoms with E-state index in [1.54, 1.807) is 19.3 Å². The fourth-order valence-electron chi connectivity index (χ4n) is 2.19. The van der Waals surface area contributed by atoms with Crippen molar-refractivity contribution in [3.8, 4) is 17.0 Å². The first kappa shape index (κ1) is 14.9. The predicted molar refractivity (Wildman–Crippen MR) is 88.2 cm³/mol. The zero-order valence-corrected chi connectivity index (χ0v) is 12.8. The number of aromatic nitrogens is 2. The van der Waals surface area contributed by atoms with Crippen LogP contribution in [0.3, 0.4) is 0 Å². The molecule has 0 atom stereocenters. The van der Waals surface area contributed by atoms with Gasteiger partial charge >= 0.3 is 0 Å². The van der Waals surface area contributed by atoms with Crippen molar-refractivity contribution in [1.82, 2.24) is 9.97 Å². The lowest BCUT2D eigenvalue weighted by atomic mass is 10.0. The van der Waals surface area contributed by atoms with E-state index in [1.807, 2.05) is 54.6 Å². The van der Waals surface area contributed by atoms with Gasteiger partial charge < -0.3 is 4.74 Å². The quantitative estimate of drug-likeness (QED) is 0.670. The van der Waals surface area contributed by atoms with Gasteiger partial charge in [0.2, 0.25) is 5.88 Å². The van der Waals surface area contributed by atoms with Crippen LogP contribution in [-0.4, -0.2) is 15.8 Å². The van der Waals surface area contributed by atoms with Crippen molar-refractivity contribution < 1.29 is 9.53 Å². The number of rotatable bonds is 5. The van der Waals surface area contributed by atoms with Crippen LogP contribution in [0, 0.1) is 0 Å². The Kier molecular flexibility index (Phi) is 4.43. The zero-order valence-electron chi connectivity index (χ0n) is 12.8. The number of carbonyl (C=O) groups excluding carboxylic acids is 1. The van der Waals surface area contributed by atoms with Gasteiger partial charge in [0.15, 0.2) is 5.78 Å². The number of Topliss-reactive ketones (excluding diaryl/α,β-unsaturated/α-hetero) is 1. The van der Waals surface area contributed by atoms with Crippen molar-refractivity contribution in [2.45, 2.75) is 13.5 Å². The highest BCUT2D eigenvalue weighted by Gasteiger charge is 2.04. The van der Waals surface area contributed by atoms with E-state index in [4.69, 9.17) is 4.74 Å². The number of benzene rings is 1. The minimum atomic E-state index is 0.0510. The molecule has 0 amide bonds. The van der Waals surface area contributed by atoms with Crippen LogP contribution in [0.2, 0.25) is 0 Å². The number of carbonyl (C=O) groups is 1. The number of nitrogens with zero attached hydrogens (tertiary/aromatic N) is 2. The molecule has 0 spiro atoms. The van der Waals surface area contributed by atoms with Crippen molar-refractivity contribution in [1.29, 1.82) is 0 Å². The predicted octanol–water partition coefficient (Wildman–Crippen LogP) is 3.93. The average molecular weight is 304 g/mol. The Hall–Kier alpha value is -3.01. The van der Waals surface area contributed by atoms with Crippen LogP contribution in [0.25, 0.3) is 11.1 Å². The van der Waals surface area contributed by atoms with Crippen LogP contribution in [-0.2, 0) is 6.61 Å². The maximum Gasteiger partial charge on any atom is 0.213 e. The first-order valence-electron chi connectivity index (χ1n) is 7.32.